The molecule has 0 aliphatic carbocycles. The Labute approximate surface area is 152 Å². The molecule has 0 bridgehead atoms. The third-order valence-electron chi connectivity index (χ3n) is 5.11. The summed E-state index contributed by atoms with van der Waals surface area (Å²) in [6.07, 6.45) is 2.32. The summed E-state index contributed by atoms with van der Waals surface area (Å²) in [6.45, 7) is 2.25. The van der Waals surface area contributed by atoms with Crippen molar-refractivity contribution in [3.63, 3.8) is 0 Å². The number of aliphatic hydroxyl groups is 1. The largest absolute Gasteiger partial charge is 0.385 e. The van der Waals surface area contributed by atoms with Gasteiger partial charge in [0, 0.05) is 25.1 Å². The van der Waals surface area contributed by atoms with Crippen LogP contribution in [0.5, 0.6) is 0 Å². The van der Waals surface area contributed by atoms with Crippen molar-refractivity contribution in [1.29, 1.82) is 0 Å². The Morgan fingerprint density at radius 3 is 2.08 bits per heavy atom. The van der Waals surface area contributed by atoms with Crippen LogP contribution in [0, 0.1) is 11.6 Å². The number of ketones is 1. The summed E-state index contributed by atoms with van der Waals surface area (Å²) in [5, 5.41) is 10.8. The van der Waals surface area contributed by atoms with Crippen LogP contribution in [0.2, 0.25) is 0 Å². The second-order valence-electron chi connectivity index (χ2n) is 6.91. The van der Waals surface area contributed by atoms with Gasteiger partial charge in [0.2, 0.25) is 0 Å². The average Bonchev–Trinajstić information content (AvgIpc) is 2.64. The van der Waals surface area contributed by atoms with Crippen LogP contribution in [-0.2, 0) is 5.60 Å². The van der Waals surface area contributed by atoms with Crippen molar-refractivity contribution in [3.8, 4) is 0 Å². The van der Waals surface area contributed by atoms with Gasteiger partial charge in [-0.3, -0.25) is 4.79 Å². The number of hydrogen-bond donors (Lipinski definition) is 1. The van der Waals surface area contributed by atoms with Gasteiger partial charge in [0.25, 0.3) is 0 Å². The number of halogens is 2. The molecule has 1 saturated heterocycles. The first-order valence-electron chi connectivity index (χ1n) is 8.96. The number of benzene rings is 2. The van der Waals surface area contributed by atoms with Crippen LogP contribution in [-0.4, -0.2) is 35.4 Å². The molecule has 0 saturated carbocycles. The van der Waals surface area contributed by atoms with E-state index in [1.165, 1.54) is 36.4 Å². The van der Waals surface area contributed by atoms with Gasteiger partial charge in [0.05, 0.1) is 5.60 Å². The molecule has 2 aromatic rings. The smallest absolute Gasteiger partial charge is 0.162 e. The normalized spacial score (nSPS) is 17.2. The molecule has 26 heavy (non-hydrogen) atoms. The number of carbonyl (C=O) groups excluding carboxylic acids is 1. The molecule has 138 valence electrons. The first-order chi connectivity index (χ1) is 12.5. The van der Waals surface area contributed by atoms with Crippen LogP contribution in [0.15, 0.2) is 48.5 Å². The molecule has 0 amide bonds. The molecule has 0 radical (unpaired) electrons. The topological polar surface area (TPSA) is 40.5 Å². The molecule has 1 fully saturated rings. The summed E-state index contributed by atoms with van der Waals surface area (Å²) in [4.78, 5) is 14.3. The van der Waals surface area contributed by atoms with Gasteiger partial charge < -0.3 is 10.0 Å². The molecular weight excluding hydrogens is 336 g/mol. The molecule has 0 aromatic heterocycles. The maximum Gasteiger partial charge on any atom is 0.162 e. The second-order valence-corrected chi connectivity index (χ2v) is 6.91. The maximum absolute atomic E-state index is 13.1. The lowest BCUT2D eigenvalue weighted by atomic mass is 9.84. The van der Waals surface area contributed by atoms with Crippen LogP contribution in [0.25, 0.3) is 0 Å². The van der Waals surface area contributed by atoms with E-state index in [4.69, 9.17) is 0 Å². The Hall–Kier alpha value is -2.11. The lowest BCUT2D eigenvalue weighted by Gasteiger charge is -2.38. The van der Waals surface area contributed by atoms with Crippen molar-refractivity contribution in [1.82, 2.24) is 4.90 Å². The summed E-state index contributed by atoms with van der Waals surface area (Å²) in [5.74, 6) is -0.631. The first-order valence-corrected chi connectivity index (χ1v) is 8.96. The van der Waals surface area contributed by atoms with E-state index in [2.05, 4.69) is 4.90 Å². The quantitative estimate of drug-likeness (QED) is 0.795. The van der Waals surface area contributed by atoms with E-state index in [-0.39, 0.29) is 17.4 Å². The van der Waals surface area contributed by atoms with E-state index in [0.717, 1.165) is 31.6 Å². The summed E-state index contributed by atoms with van der Waals surface area (Å²) < 4.78 is 25.9. The Kier molecular flexibility index (Phi) is 5.79. The van der Waals surface area contributed by atoms with Gasteiger partial charge in [0.1, 0.15) is 11.6 Å². The summed E-state index contributed by atoms with van der Waals surface area (Å²) >= 11 is 0. The molecule has 1 aliphatic heterocycles. The first kappa shape index (κ1) is 18.7. The van der Waals surface area contributed by atoms with Gasteiger partial charge in [-0.15, -0.1) is 0 Å². The number of hydrogen-bond acceptors (Lipinski definition) is 3. The van der Waals surface area contributed by atoms with E-state index in [9.17, 15) is 18.7 Å². The molecular formula is C21H23F2NO2. The molecule has 1 N–H and O–H groups in total. The van der Waals surface area contributed by atoms with Gasteiger partial charge >= 0.3 is 0 Å². The Morgan fingerprint density at radius 2 is 1.50 bits per heavy atom. The SMILES string of the molecule is O=C(CCCN1CCC(O)(c2ccc(F)cc2)CC1)c1ccc(F)cc1. The number of piperidine rings is 1. The highest BCUT2D eigenvalue weighted by Gasteiger charge is 2.33. The van der Waals surface area contributed by atoms with Crippen LogP contribution in [0.1, 0.15) is 41.6 Å². The molecule has 0 unspecified atom stereocenters. The van der Waals surface area contributed by atoms with Gasteiger partial charge in [-0.05, 0) is 67.8 Å². The predicted molar refractivity (Wildman–Crippen MR) is 95.9 cm³/mol. The number of carbonyl (C=O) groups is 1. The monoisotopic (exact) mass is 359 g/mol. The van der Waals surface area contributed by atoms with Gasteiger partial charge in [-0.1, -0.05) is 12.1 Å². The van der Waals surface area contributed by atoms with E-state index >= 15 is 0 Å². The number of Topliss-reactive ketones (excluding diaryl/α,β-unsaturated/α-hetero) is 1. The number of nitrogens with zero attached hydrogens (tertiary/aromatic N) is 1. The van der Waals surface area contributed by atoms with Crippen molar-refractivity contribution >= 4 is 5.78 Å². The van der Waals surface area contributed by atoms with Crippen LogP contribution in [0.3, 0.4) is 0 Å². The number of likely N-dealkylation sites (tertiary alicyclic amines) is 1. The Bertz CT molecular complexity index is 736. The van der Waals surface area contributed by atoms with Crippen molar-refractivity contribution in [2.75, 3.05) is 19.6 Å². The van der Waals surface area contributed by atoms with Crippen LogP contribution in [0.4, 0.5) is 8.78 Å². The third-order valence-corrected chi connectivity index (χ3v) is 5.11. The molecule has 0 atom stereocenters. The fraction of sp³-hybridized carbons (Fsp3) is 0.381. The zero-order valence-electron chi connectivity index (χ0n) is 14.6. The average molecular weight is 359 g/mol. The minimum absolute atomic E-state index is 0.0184. The van der Waals surface area contributed by atoms with Crippen molar-refractivity contribution < 1.29 is 18.7 Å². The van der Waals surface area contributed by atoms with Crippen molar-refractivity contribution in [2.24, 2.45) is 0 Å². The zero-order valence-corrected chi connectivity index (χ0v) is 14.6. The van der Waals surface area contributed by atoms with E-state index in [1.807, 2.05) is 0 Å². The van der Waals surface area contributed by atoms with Gasteiger partial charge in [-0.2, -0.15) is 0 Å². The van der Waals surface area contributed by atoms with Crippen molar-refractivity contribution in [3.05, 3.63) is 71.3 Å². The maximum atomic E-state index is 13.1. The lowest BCUT2D eigenvalue weighted by Crippen LogP contribution is -2.42. The molecule has 5 heteroatoms. The molecule has 1 aliphatic rings. The van der Waals surface area contributed by atoms with Crippen LogP contribution < -0.4 is 0 Å². The number of rotatable bonds is 6. The third kappa shape index (κ3) is 4.54. The highest BCUT2D eigenvalue weighted by molar-refractivity contribution is 5.95. The molecule has 2 aromatic carbocycles. The zero-order chi connectivity index (χ0) is 18.6. The minimum Gasteiger partial charge on any atom is -0.385 e. The summed E-state index contributed by atoms with van der Waals surface area (Å²) in [5.41, 5.74) is 0.384. The highest BCUT2D eigenvalue weighted by Crippen LogP contribution is 2.32. The van der Waals surface area contributed by atoms with E-state index in [0.29, 0.717) is 24.8 Å². The van der Waals surface area contributed by atoms with E-state index < -0.39 is 5.60 Å². The molecule has 1 heterocycles. The Morgan fingerprint density at radius 1 is 0.962 bits per heavy atom. The fourth-order valence-electron chi connectivity index (χ4n) is 3.44. The second kappa shape index (κ2) is 8.06. The lowest BCUT2D eigenvalue weighted by molar-refractivity contribution is -0.0260. The Balaban J connectivity index is 1.44. The standard InChI is InChI=1S/C21H23F2NO2/c22-18-7-3-16(4-8-18)20(25)2-1-13-24-14-11-21(26,12-15-24)17-5-9-19(23)10-6-17/h3-10,26H,1-2,11-15H2. The minimum atomic E-state index is -0.909. The van der Waals surface area contributed by atoms with Gasteiger partial charge in [-0.25, -0.2) is 8.78 Å². The van der Waals surface area contributed by atoms with Crippen molar-refractivity contribution in [2.45, 2.75) is 31.3 Å². The molecule has 3 nitrogen and oxygen atoms in total. The fourth-order valence-corrected chi connectivity index (χ4v) is 3.44. The summed E-state index contributed by atoms with van der Waals surface area (Å²) in [7, 11) is 0. The molecule has 3 rings (SSSR count). The van der Waals surface area contributed by atoms with Crippen LogP contribution >= 0.6 is 0 Å². The predicted octanol–water partition coefficient (Wildman–Crippen LogP) is 3.91. The van der Waals surface area contributed by atoms with Gasteiger partial charge in [0.15, 0.2) is 5.78 Å². The summed E-state index contributed by atoms with van der Waals surface area (Å²) in [6, 6.07) is 11.7. The molecule has 0 spiro atoms. The van der Waals surface area contributed by atoms with E-state index in [1.54, 1.807) is 12.1 Å². The highest BCUT2D eigenvalue weighted by atomic mass is 19.1.